The molecule has 0 N–H and O–H groups in total. The summed E-state index contributed by atoms with van der Waals surface area (Å²) in [4.78, 5) is 13.2. The van der Waals surface area contributed by atoms with Crippen molar-refractivity contribution >= 4 is 16.5 Å². The molecule has 0 bridgehead atoms. The molecule has 1 aliphatic heterocycles. The van der Waals surface area contributed by atoms with E-state index in [1.165, 1.54) is 13.4 Å². The summed E-state index contributed by atoms with van der Waals surface area (Å²) in [6.07, 6.45) is -1.44. The van der Waals surface area contributed by atoms with Crippen molar-refractivity contribution < 1.29 is 17.9 Å². The van der Waals surface area contributed by atoms with E-state index in [0.29, 0.717) is 41.9 Å². The van der Waals surface area contributed by atoms with Crippen molar-refractivity contribution in [2.45, 2.75) is 19.1 Å². The number of ether oxygens (including phenoxy) is 1. The van der Waals surface area contributed by atoms with Crippen LogP contribution < -0.4 is 9.64 Å². The van der Waals surface area contributed by atoms with E-state index in [0.717, 1.165) is 17.5 Å². The van der Waals surface area contributed by atoms with Gasteiger partial charge in [-0.1, -0.05) is 11.3 Å². The Labute approximate surface area is 122 Å². The van der Waals surface area contributed by atoms with E-state index in [1.807, 2.05) is 0 Å². The summed E-state index contributed by atoms with van der Waals surface area (Å²) in [5.41, 5.74) is 1.67. The highest BCUT2D eigenvalue weighted by atomic mass is 32.1. The van der Waals surface area contributed by atoms with Gasteiger partial charge in [0.2, 0.25) is 5.88 Å². The van der Waals surface area contributed by atoms with Crippen LogP contribution in [-0.4, -0.2) is 28.6 Å². The van der Waals surface area contributed by atoms with Gasteiger partial charge in [-0.2, -0.15) is 13.2 Å². The minimum Gasteiger partial charge on any atom is -0.481 e. The second kappa shape index (κ2) is 5.14. The molecule has 112 valence electrons. The molecule has 5 nitrogen and oxygen atoms in total. The zero-order valence-electron chi connectivity index (χ0n) is 11.0. The summed E-state index contributed by atoms with van der Waals surface area (Å²) in [6.45, 7) is 0.960. The number of anilines is 1. The third-order valence-corrected chi connectivity index (χ3v) is 4.30. The third-order valence-electron chi connectivity index (χ3n) is 3.20. The van der Waals surface area contributed by atoms with Crippen LogP contribution in [0.2, 0.25) is 0 Å². The Morgan fingerprint density at radius 2 is 2.10 bits per heavy atom. The molecule has 0 saturated heterocycles. The molecule has 1 aliphatic rings. The fourth-order valence-electron chi connectivity index (χ4n) is 2.20. The van der Waals surface area contributed by atoms with Crippen molar-refractivity contribution in [3.63, 3.8) is 0 Å². The largest absolute Gasteiger partial charge is 0.481 e. The number of fused-ring (bicyclic) bond motifs is 1. The first-order valence-corrected chi connectivity index (χ1v) is 6.95. The molecule has 3 rings (SSSR count). The molecular weight excluding hydrogens is 305 g/mol. The van der Waals surface area contributed by atoms with Crippen molar-refractivity contribution in [1.82, 2.24) is 15.0 Å². The lowest BCUT2D eigenvalue weighted by Gasteiger charge is -2.28. The van der Waals surface area contributed by atoms with Crippen LogP contribution in [0.5, 0.6) is 5.88 Å². The van der Waals surface area contributed by atoms with E-state index < -0.39 is 11.1 Å². The van der Waals surface area contributed by atoms with Crippen LogP contribution in [0.4, 0.5) is 18.3 Å². The number of nitrogens with zero attached hydrogens (tertiary/aromatic N) is 4. The Balaban J connectivity index is 1.88. The van der Waals surface area contributed by atoms with Gasteiger partial charge in [0.15, 0.2) is 5.13 Å². The van der Waals surface area contributed by atoms with Crippen LogP contribution in [0.25, 0.3) is 0 Å². The van der Waals surface area contributed by atoms with Gasteiger partial charge in [-0.15, -0.1) is 0 Å². The normalized spacial score (nSPS) is 15.0. The van der Waals surface area contributed by atoms with Gasteiger partial charge in [0.1, 0.15) is 11.2 Å². The van der Waals surface area contributed by atoms with Crippen LogP contribution in [-0.2, 0) is 19.1 Å². The van der Waals surface area contributed by atoms with Gasteiger partial charge < -0.3 is 9.64 Å². The first-order valence-electron chi connectivity index (χ1n) is 6.13. The van der Waals surface area contributed by atoms with E-state index in [9.17, 15) is 13.2 Å². The average Bonchev–Trinajstić information content (AvgIpc) is 2.96. The average molecular weight is 316 g/mol. The molecular formula is C12H11F3N4OS. The lowest BCUT2D eigenvalue weighted by Crippen LogP contribution is -2.31. The summed E-state index contributed by atoms with van der Waals surface area (Å²) >= 11 is 0.643. The Morgan fingerprint density at radius 3 is 2.76 bits per heavy atom. The van der Waals surface area contributed by atoms with Crippen molar-refractivity contribution in [3.8, 4) is 5.88 Å². The van der Waals surface area contributed by atoms with Gasteiger partial charge in [0.25, 0.3) is 0 Å². The molecule has 0 atom stereocenters. The van der Waals surface area contributed by atoms with E-state index in [1.54, 1.807) is 4.90 Å². The number of hydrogen-bond acceptors (Lipinski definition) is 6. The molecule has 0 radical (unpaired) electrons. The van der Waals surface area contributed by atoms with Gasteiger partial charge in [-0.25, -0.2) is 15.0 Å². The number of hydrogen-bond donors (Lipinski definition) is 0. The zero-order chi connectivity index (χ0) is 15.0. The molecule has 0 amide bonds. The van der Waals surface area contributed by atoms with Gasteiger partial charge in [-0.3, -0.25) is 0 Å². The summed E-state index contributed by atoms with van der Waals surface area (Å²) in [5.74, 6) is 0.456. The molecule has 2 aromatic rings. The lowest BCUT2D eigenvalue weighted by molar-refractivity contribution is -0.134. The molecule has 9 heteroatoms. The number of rotatable bonds is 2. The summed E-state index contributed by atoms with van der Waals surface area (Å²) < 4.78 is 43.1. The Hall–Kier alpha value is -1.90. The third kappa shape index (κ3) is 2.65. The molecule has 0 unspecified atom stereocenters. The molecule has 0 spiro atoms. The lowest BCUT2D eigenvalue weighted by atomic mass is 10.1. The van der Waals surface area contributed by atoms with Crippen LogP contribution in [0.15, 0.2) is 12.5 Å². The van der Waals surface area contributed by atoms with Crippen molar-refractivity contribution in [2.75, 3.05) is 18.6 Å². The molecule has 21 heavy (non-hydrogen) atoms. The van der Waals surface area contributed by atoms with Gasteiger partial charge in [-0.05, 0) is 0 Å². The molecule has 2 aromatic heterocycles. The molecule has 0 fully saturated rings. The monoisotopic (exact) mass is 316 g/mol. The van der Waals surface area contributed by atoms with E-state index in [-0.39, 0.29) is 0 Å². The van der Waals surface area contributed by atoms with Crippen molar-refractivity contribution in [1.29, 1.82) is 0 Å². The number of alkyl halides is 3. The Morgan fingerprint density at radius 1 is 1.29 bits per heavy atom. The maximum Gasteiger partial charge on any atom is 0.427 e. The highest BCUT2D eigenvalue weighted by Crippen LogP contribution is 2.37. The quantitative estimate of drug-likeness (QED) is 0.852. The molecule has 3 heterocycles. The van der Waals surface area contributed by atoms with Crippen LogP contribution in [0.3, 0.4) is 0 Å². The second-order valence-corrected chi connectivity index (χ2v) is 5.49. The zero-order valence-corrected chi connectivity index (χ0v) is 11.8. The first-order chi connectivity index (χ1) is 9.99. The highest BCUT2D eigenvalue weighted by molar-refractivity contribution is 7.15. The smallest absolute Gasteiger partial charge is 0.427 e. The van der Waals surface area contributed by atoms with Gasteiger partial charge in [0.05, 0.1) is 31.1 Å². The maximum atomic E-state index is 12.6. The summed E-state index contributed by atoms with van der Waals surface area (Å²) in [6, 6.07) is 0. The molecule has 0 aliphatic carbocycles. The minimum atomic E-state index is -4.36. The molecule has 0 aromatic carbocycles. The minimum absolute atomic E-state index is 0.346. The fraction of sp³-hybridized carbons (Fsp3) is 0.417. The number of thiazole rings is 1. The Bertz CT molecular complexity index is 644. The Kier molecular flexibility index (Phi) is 3.44. The van der Waals surface area contributed by atoms with E-state index >= 15 is 0 Å². The van der Waals surface area contributed by atoms with Gasteiger partial charge in [0, 0.05) is 13.0 Å². The SMILES string of the molecule is COc1ncnc2c1CN(c1ncc(C(F)(F)F)s1)CC2. The standard InChI is InChI=1S/C12H11F3N4OS/c1-20-10-7-5-19(3-2-8(7)17-6-18-10)11-16-4-9(21-11)12(13,14)15/h4,6H,2-3,5H2,1H3. The van der Waals surface area contributed by atoms with Crippen LogP contribution >= 0.6 is 11.3 Å². The van der Waals surface area contributed by atoms with Crippen LogP contribution in [0, 0.1) is 0 Å². The molecule has 0 saturated carbocycles. The summed E-state index contributed by atoms with van der Waals surface area (Å²) in [5, 5.41) is 0.346. The second-order valence-electron chi connectivity index (χ2n) is 4.48. The van der Waals surface area contributed by atoms with E-state index in [2.05, 4.69) is 15.0 Å². The topological polar surface area (TPSA) is 51.1 Å². The van der Waals surface area contributed by atoms with E-state index in [4.69, 9.17) is 4.74 Å². The summed E-state index contributed by atoms with van der Waals surface area (Å²) in [7, 11) is 1.51. The number of methoxy groups -OCH3 is 1. The number of aromatic nitrogens is 3. The highest BCUT2D eigenvalue weighted by Gasteiger charge is 2.34. The van der Waals surface area contributed by atoms with Crippen molar-refractivity contribution in [2.24, 2.45) is 0 Å². The van der Waals surface area contributed by atoms with Crippen molar-refractivity contribution in [3.05, 3.63) is 28.7 Å². The first kappa shape index (κ1) is 14.1. The van der Waals surface area contributed by atoms with Gasteiger partial charge >= 0.3 is 6.18 Å². The predicted molar refractivity (Wildman–Crippen MR) is 70.5 cm³/mol. The maximum absolute atomic E-state index is 12.6. The number of halogens is 3. The fourth-order valence-corrected chi connectivity index (χ4v) is 3.00. The predicted octanol–water partition coefficient (Wildman–Crippen LogP) is 2.52. The van der Waals surface area contributed by atoms with Crippen LogP contribution in [0.1, 0.15) is 16.1 Å².